The Balaban J connectivity index is 1.45. The van der Waals surface area contributed by atoms with Gasteiger partial charge < -0.3 is 43.5 Å². The lowest BCUT2D eigenvalue weighted by Crippen LogP contribution is -2.64. The molecule has 14 unspecified atom stereocenters. The molecule has 3 aliphatic heterocycles. The maximum absolute atomic E-state index is 14.5. The lowest BCUT2D eigenvalue weighted by Gasteiger charge is -2.47. The number of nitrogens with zero attached hydrogens (tertiary/aromatic N) is 1. The topological polar surface area (TPSA) is 184 Å². The zero-order valence-corrected chi connectivity index (χ0v) is 41.1. The number of cyclic esters (lactones) is 1. The molecule has 66 heavy (non-hydrogen) atoms. The van der Waals surface area contributed by atoms with E-state index < -0.39 is 77.8 Å². The van der Waals surface area contributed by atoms with Crippen LogP contribution in [-0.2, 0) is 47.6 Å². The van der Waals surface area contributed by atoms with E-state index in [2.05, 4.69) is 0 Å². The van der Waals surface area contributed by atoms with Crippen LogP contribution in [0.3, 0.4) is 0 Å². The van der Waals surface area contributed by atoms with Gasteiger partial charge >= 0.3 is 5.97 Å². The minimum absolute atomic E-state index is 0.0165. The van der Waals surface area contributed by atoms with Crippen molar-refractivity contribution in [3.8, 4) is 0 Å². The Morgan fingerprint density at radius 2 is 1.64 bits per heavy atom. The van der Waals surface area contributed by atoms with E-state index in [4.69, 9.17) is 40.0 Å². The van der Waals surface area contributed by atoms with E-state index in [1.54, 1.807) is 45.2 Å². The number of carbonyl (C=O) groups is 5. The van der Waals surface area contributed by atoms with Crippen molar-refractivity contribution in [2.75, 3.05) is 34.5 Å². The molecule has 2 N–H and O–H groups in total. The Morgan fingerprint density at radius 1 is 0.939 bits per heavy atom. The van der Waals surface area contributed by atoms with Crippen molar-refractivity contribution in [2.45, 2.75) is 167 Å². The molecule has 3 fully saturated rings. The van der Waals surface area contributed by atoms with Crippen LogP contribution in [0.15, 0.2) is 47.6 Å². The van der Waals surface area contributed by atoms with Crippen LogP contribution in [0.5, 0.6) is 0 Å². The number of benzene rings is 1. The van der Waals surface area contributed by atoms with Gasteiger partial charge in [-0.2, -0.15) is 0 Å². The highest BCUT2D eigenvalue weighted by Gasteiger charge is 2.56. The second-order valence-electron chi connectivity index (χ2n) is 19.4. The monoisotopic (exact) mass is 943 g/mol. The zero-order valence-electron chi connectivity index (χ0n) is 40.4. The van der Waals surface area contributed by atoms with Crippen LogP contribution in [0, 0.1) is 29.6 Å². The van der Waals surface area contributed by atoms with Crippen molar-refractivity contribution in [3.63, 3.8) is 0 Å². The number of hydrogen-bond acceptors (Lipinski definition) is 13. The van der Waals surface area contributed by atoms with E-state index in [0.717, 1.165) is 5.57 Å². The van der Waals surface area contributed by atoms with Gasteiger partial charge in [0, 0.05) is 62.6 Å². The van der Waals surface area contributed by atoms with Crippen LogP contribution in [0.2, 0.25) is 5.02 Å². The minimum Gasteiger partial charge on any atom is -0.456 e. The number of esters is 1. The van der Waals surface area contributed by atoms with Gasteiger partial charge in [-0.1, -0.05) is 69.2 Å². The van der Waals surface area contributed by atoms with Crippen LogP contribution in [0.25, 0.3) is 0 Å². The molecule has 14 atom stereocenters. The fourth-order valence-corrected chi connectivity index (χ4v) is 10.7. The number of hydrogen-bond donors (Lipinski definition) is 2. The molecule has 0 spiro atoms. The first-order valence-electron chi connectivity index (χ1n) is 23.9. The molecule has 2 saturated heterocycles. The van der Waals surface area contributed by atoms with Gasteiger partial charge in [-0.15, -0.1) is 0 Å². The molecule has 5 rings (SSSR count). The molecular weight excluding hydrogens is 870 g/mol. The summed E-state index contributed by atoms with van der Waals surface area (Å²) in [5.41, 5.74) is 2.08. The number of halogens is 1. The van der Waals surface area contributed by atoms with Crippen molar-refractivity contribution in [1.82, 2.24) is 4.90 Å². The molecule has 1 amide bonds. The number of aliphatic hydroxyl groups excluding tert-OH is 1. The normalized spacial score (nSPS) is 37.0. The summed E-state index contributed by atoms with van der Waals surface area (Å²) in [6, 6.07) is 5.55. The quantitative estimate of drug-likeness (QED) is 0.106. The first-order valence-corrected chi connectivity index (χ1v) is 24.2. The second-order valence-corrected chi connectivity index (χ2v) is 19.8. The molecule has 1 aromatic carbocycles. The van der Waals surface area contributed by atoms with Gasteiger partial charge in [-0.05, 0) is 108 Å². The Bertz CT molecular complexity index is 1920. The molecule has 1 aromatic rings. The summed E-state index contributed by atoms with van der Waals surface area (Å²) in [6.45, 7) is 11.1. The maximum atomic E-state index is 14.5. The van der Waals surface area contributed by atoms with Gasteiger partial charge in [0.2, 0.25) is 5.79 Å². The van der Waals surface area contributed by atoms with E-state index >= 15 is 0 Å². The van der Waals surface area contributed by atoms with Crippen molar-refractivity contribution in [3.05, 3.63) is 58.1 Å². The van der Waals surface area contributed by atoms with Crippen molar-refractivity contribution >= 4 is 40.8 Å². The summed E-state index contributed by atoms with van der Waals surface area (Å²) >= 11 is 6.10. The minimum atomic E-state index is -2.53. The zero-order chi connectivity index (χ0) is 48.5. The Hall–Kier alpha value is -3.34. The number of allylic oxidation sites excluding steroid dienone is 3. The molecule has 4 aliphatic rings. The summed E-state index contributed by atoms with van der Waals surface area (Å²) in [7, 11) is 4.65. The van der Waals surface area contributed by atoms with Gasteiger partial charge in [0.05, 0.1) is 30.5 Å². The van der Waals surface area contributed by atoms with Gasteiger partial charge in [0.1, 0.15) is 30.6 Å². The molecular formula is C51H74ClNO13. The van der Waals surface area contributed by atoms with Crippen LogP contribution >= 0.6 is 11.6 Å². The van der Waals surface area contributed by atoms with E-state index in [1.165, 1.54) is 19.1 Å². The lowest BCUT2D eigenvalue weighted by molar-refractivity contribution is -0.302. The predicted octanol–water partition coefficient (Wildman–Crippen LogP) is 7.03. The Labute approximate surface area is 396 Å². The number of Topliss-reactive ketones (excluding diaryl/α,β-unsaturated/α-hetero) is 3. The fraction of sp³-hybridized carbons (Fsp3) is 0.706. The highest BCUT2D eigenvalue weighted by molar-refractivity contribution is 6.39. The van der Waals surface area contributed by atoms with Crippen LogP contribution in [-0.4, -0.2) is 133 Å². The molecule has 0 radical (unpaired) electrons. The highest BCUT2D eigenvalue weighted by atomic mass is 35.5. The third-order valence-corrected chi connectivity index (χ3v) is 14.7. The molecule has 3 heterocycles. The average Bonchev–Trinajstić information content (AvgIpc) is 3.30. The molecule has 1 aliphatic carbocycles. The number of piperidine rings is 1. The number of fused-ring (bicyclic) bond motifs is 3. The first kappa shape index (κ1) is 53.6. The number of carbonyl (C=O) groups excluding carboxylic acids is 5. The molecule has 0 aromatic heterocycles. The molecule has 14 nitrogen and oxygen atoms in total. The summed E-state index contributed by atoms with van der Waals surface area (Å²) in [5, 5.41) is 24.4. The van der Waals surface area contributed by atoms with Gasteiger partial charge in [-0.25, -0.2) is 4.79 Å². The number of aliphatic hydroxyl groups is 2. The number of rotatable bonds is 10. The van der Waals surface area contributed by atoms with Crippen molar-refractivity contribution in [2.24, 2.45) is 29.6 Å². The lowest BCUT2D eigenvalue weighted by atomic mass is 9.81. The van der Waals surface area contributed by atoms with Gasteiger partial charge in [0.25, 0.3) is 11.7 Å². The number of ether oxygens (including phenoxy) is 6. The standard InChI is InChI=1S/C51H74ClNO13/c1-10-35-21-29(2)20-30(3)22-44(62-8)47-45(63-9)24-32(5)51(60,66-47)48(57)49(58)53-19-12-11-16-38(53)50(59)65-46(33(6)39(54)27-40(35)55)31(4)23-34-17-18-42(43(25-34)61-7)64-28-41(56)36-14-13-15-37(52)26-36/h13-15,21,23,26,30,32-35,38-39,42-47,54,60H,10-12,16-20,22,24-25,27-28H2,1-9H3/b29-21+,31-23?. The van der Waals surface area contributed by atoms with Gasteiger partial charge in [0.15, 0.2) is 5.78 Å². The van der Waals surface area contributed by atoms with Crippen molar-refractivity contribution < 1.29 is 62.6 Å². The fourth-order valence-electron chi connectivity index (χ4n) is 10.5. The molecule has 1 saturated carbocycles. The van der Waals surface area contributed by atoms with Crippen molar-refractivity contribution in [1.29, 1.82) is 0 Å². The summed E-state index contributed by atoms with van der Waals surface area (Å²) in [4.78, 5) is 71.3. The third-order valence-electron chi connectivity index (χ3n) is 14.4. The average molecular weight is 945 g/mol. The Morgan fingerprint density at radius 3 is 2.30 bits per heavy atom. The smallest absolute Gasteiger partial charge is 0.329 e. The number of ketones is 3. The van der Waals surface area contributed by atoms with E-state index in [-0.39, 0.29) is 68.0 Å². The largest absolute Gasteiger partial charge is 0.456 e. The third kappa shape index (κ3) is 13.0. The molecule has 368 valence electrons. The number of methoxy groups -OCH3 is 3. The summed E-state index contributed by atoms with van der Waals surface area (Å²) in [5.74, 6) is -7.96. The van der Waals surface area contributed by atoms with E-state index in [1.807, 2.05) is 39.8 Å². The SMILES string of the molecule is CCC1/C=C(\C)CC(C)CC(OC)C2OC(O)(C(=O)C(=O)N3CCCCC3C(=O)OC(C(C)=CC3CCC(OCC(=O)c4cccc(Cl)c4)C(OC)C3)C(C)C(O)CC1=O)C(C)CC2OC. The van der Waals surface area contributed by atoms with Crippen LogP contribution in [0.1, 0.15) is 123 Å². The predicted molar refractivity (Wildman–Crippen MR) is 248 cm³/mol. The maximum Gasteiger partial charge on any atom is 0.329 e. The van der Waals surface area contributed by atoms with Crippen LogP contribution in [0.4, 0.5) is 0 Å². The second kappa shape index (κ2) is 24.3. The Kier molecular flexibility index (Phi) is 19.7. The summed E-state index contributed by atoms with van der Waals surface area (Å²) in [6.07, 6.45) is 3.67. The van der Waals surface area contributed by atoms with E-state index in [9.17, 15) is 34.2 Å². The highest BCUT2D eigenvalue weighted by Crippen LogP contribution is 2.39. The first-order chi connectivity index (χ1) is 31.3. The van der Waals surface area contributed by atoms with Crippen LogP contribution < -0.4 is 0 Å². The summed E-state index contributed by atoms with van der Waals surface area (Å²) < 4.78 is 36.4. The molecule has 2 bridgehead atoms. The van der Waals surface area contributed by atoms with E-state index in [0.29, 0.717) is 67.5 Å². The number of amides is 1. The van der Waals surface area contributed by atoms with Gasteiger partial charge in [-0.3, -0.25) is 19.2 Å². The molecule has 15 heteroatoms.